The minimum Gasteiger partial charge on any atom is -0.359 e. The summed E-state index contributed by atoms with van der Waals surface area (Å²) < 4.78 is 8.20. The van der Waals surface area contributed by atoms with Crippen LogP contribution in [0.1, 0.15) is 32.4 Å². The highest BCUT2D eigenvalue weighted by molar-refractivity contribution is 6.23. The second-order valence-corrected chi connectivity index (χ2v) is 2.91. The summed E-state index contributed by atoms with van der Waals surface area (Å²) in [7, 11) is 0. The highest BCUT2D eigenvalue weighted by Gasteiger charge is 2.49. The molecule has 0 spiro atoms. The van der Waals surface area contributed by atoms with E-state index in [0.29, 0.717) is 0 Å². The van der Waals surface area contributed by atoms with Gasteiger partial charge in [-0.2, -0.15) is 0 Å². The number of carbonyl (C=O) groups excluding carboxylic acids is 2. The topological polar surface area (TPSA) is 140 Å². The van der Waals surface area contributed by atoms with Crippen LogP contribution in [-0.2, 0) is 0 Å². The van der Waals surface area contributed by atoms with E-state index in [2.05, 4.69) is 19.6 Å². The first-order valence-electron chi connectivity index (χ1n) is 3.90. The average molecular weight is 224 g/mol. The maximum atomic E-state index is 11.6. The zero-order chi connectivity index (χ0) is 11.4. The molecular weight excluding hydrogens is 224 g/mol. The maximum Gasteiger partial charge on any atom is 0.304 e. The fourth-order valence-electron chi connectivity index (χ4n) is 1.40. The number of fused-ring (bicyclic) bond motifs is 2. The fourth-order valence-corrected chi connectivity index (χ4v) is 1.40. The van der Waals surface area contributed by atoms with Crippen LogP contribution in [0.4, 0.5) is 0 Å². The summed E-state index contributed by atoms with van der Waals surface area (Å²) in [6.07, 6.45) is 0. The maximum absolute atomic E-state index is 11.6. The molecule has 0 bridgehead atoms. The Kier molecular flexibility index (Phi) is 1.29. The summed E-state index contributed by atoms with van der Waals surface area (Å²) >= 11 is 0. The Balaban J connectivity index is 2.38. The van der Waals surface area contributed by atoms with Crippen molar-refractivity contribution in [3.8, 4) is 0 Å². The van der Waals surface area contributed by atoms with E-state index < -0.39 is 34.3 Å². The summed E-state index contributed by atoms with van der Waals surface area (Å²) in [5.74, 6) is -1.89. The number of ketones is 2. The van der Waals surface area contributed by atoms with Crippen molar-refractivity contribution in [2.24, 2.45) is 0 Å². The Labute approximate surface area is 84.7 Å². The van der Waals surface area contributed by atoms with Gasteiger partial charge in [0.15, 0.2) is 0 Å². The zero-order valence-electron chi connectivity index (χ0n) is 7.24. The Bertz CT molecular complexity index is 583. The average Bonchev–Trinajstić information content (AvgIpc) is 2.80. The molecule has 0 atom stereocenters. The van der Waals surface area contributed by atoms with Gasteiger partial charge in [0, 0.05) is 0 Å². The van der Waals surface area contributed by atoms with Crippen molar-refractivity contribution in [1.82, 2.24) is 10.3 Å². The number of aromatic nitrogens is 4. The normalized spacial score (nSPS) is 13.8. The molecule has 2 aromatic rings. The van der Waals surface area contributed by atoms with Gasteiger partial charge in [0.2, 0.25) is 0 Å². The van der Waals surface area contributed by atoms with Gasteiger partial charge in [-0.15, -0.1) is 0 Å². The molecule has 2 heterocycles. The van der Waals surface area contributed by atoms with Gasteiger partial charge in [0.05, 0.1) is 10.3 Å². The monoisotopic (exact) mass is 224 g/mol. The van der Waals surface area contributed by atoms with Gasteiger partial charge < -0.3 is 10.4 Å². The van der Waals surface area contributed by atoms with Crippen LogP contribution in [0.2, 0.25) is 0 Å². The standard InChI is InChI=1S/C6N4O6/c11-5-1-3(9(13)15-7-1)6(12)2-4(5)10(14)16-8-2. The third-order valence-electron chi connectivity index (χ3n) is 2.09. The summed E-state index contributed by atoms with van der Waals surface area (Å²) in [5, 5.41) is 28.2. The van der Waals surface area contributed by atoms with Crippen molar-refractivity contribution in [3.63, 3.8) is 0 Å². The second-order valence-electron chi connectivity index (χ2n) is 2.91. The number of hydrogen-bond acceptors (Lipinski definition) is 8. The predicted octanol–water partition coefficient (Wildman–Crippen LogP) is -2.30. The largest absolute Gasteiger partial charge is 0.359 e. The van der Waals surface area contributed by atoms with Gasteiger partial charge in [0.25, 0.3) is 23.0 Å². The molecular formula is C6N4O6. The van der Waals surface area contributed by atoms with Crippen LogP contribution in [-0.4, -0.2) is 21.9 Å². The lowest BCUT2D eigenvalue weighted by molar-refractivity contribution is -0.804. The van der Waals surface area contributed by atoms with Crippen molar-refractivity contribution in [2.75, 3.05) is 0 Å². The second kappa shape index (κ2) is 2.42. The van der Waals surface area contributed by atoms with Gasteiger partial charge in [-0.25, -0.2) is 0 Å². The molecule has 16 heavy (non-hydrogen) atoms. The highest BCUT2D eigenvalue weighted by Crippen LogP contribution is 2.19. The third-order valence-corrected chi connectivity index (χ3v) is 2.09. The molecule has 80 valence electrons. The Hall–Kier alpha value is -2.78. The Morgan fingerprint density at radius 2 is 1.25 bits per heavy atom. The highest BCUT2D eigenvalue weighted by atomic mass is 16.8. The van der Waals surface area contributed by atoms with E-state index in [0.717, 1.165) is 0 Å². The van der Waals surface area contributed by atoms with Gasteiger partial charge in [0.1, 0.15) is 0 Å². The Morgan fingerprint density at radius 3 is 1.62 bits per heavy atom. The molecule has 0 unspecified atom stereocenters. The fraction of sp³-hybridized carbons (Fsp3) is 0. The SMILES string of the molecule is O=C1c2no[n+]([O-])c2C(=O)c2no[n+]([O-])c21. The predicted molar refractivity (Wildman–Crippen MR) is 37.8 cm³/mol. The molecule has 0 amide bonds. The lowest BCUT2D eigenvalue weighted by Gasteiger charge is -1.98. The van der Waals surface area contributed by atoms with Crippen LogP contribution in [0.25, 0.3) is 0 Å². The molecule has 0 saturated heterocycles. The van der Waals surface area contributed by atoms with E-state index in [1.165, 1.54) is 0 Å². The number of carbonyl (C=O) groups is 2. The molecule has 10 heteroatoms. The number of nitrogens with zero attached hydrogens (tertiary/aromatic N) is 4. The van der Waals surface area contributed by atoms with E-state index in [9.17, 15) is 20.0 Å². The number of rotatable bonds is 0. The smallest absolute Gasteiger partial charge is 0.304 e. The molecule has 0 aliphatic heterocycles. The molecule has 0 radical (unpaired) electrons. The van der Waals surface area contributed by atoms with Crippen molar-refractivity contribution >= 4 is 11.6 Å². The number of hydrogen-bond donors (Lipinski definition) is 0. The Morgan fingerprint density at radius 1 is 0.875 bits per heavy atom. The summed E-state index contributed by atoms with van der Waals surface area (Å²) in [6, 6.07) is 0. The summed E-state index contributed by atoms with van der Waals surface area (Å²) in [6.45, 7) is 0. The van der Waals surface area contributed by atoms with E-state index in [-0.39, 0.29) is 9.81 Å². The van der Waals surface area contributed by atoms with Gasteiger partial charge in [-0.05, 0) is 9.81 Å². The third kappa shape index (κ3) is 0.762. The molecule has 2 aromatic heterocycles. The van der Waals surface area contributed by atoms with Crippen molar-refractivity contribution in [3.05, 3.63) is 33.2 Å². The minimum atomic E-state index is -0.945. The van der Waals surface area contributed by atoms with Crippen molar-refractivity contribution in [1.29, 1.82) is 0 Å². The van der Waals surface area contributed by atoms with Crippen LogP contribution >= 0.6 is 0 Å². The quantitative estimate of drug-likeness (QED) is 0.388. The van der Waals surface area contributed by atoms with E-state index in [1.54, 1.807) is 0 Å². The van der Waals surface area contributed by atoms with Crippen LogP contribution in [0, 0.1) is 10.4 Å². The van der Waals surface area contributed by atoms with Crippen LogP contribution in [0.3, 0.4) is 0 Å². The van der Waals surface area contributed by atoms with Crippen LogP contribution < -0.4 is 9.81 Å². The van der Waals surface area contributed by atoms with Gasteiger partial charge >= 0.3 is 11.4 Å². The lowest BCUT2D eigenvalue weighted by Crippen LogP contribution is -2.40. The zero-order valence-corrected chi connectivity index (χ0v) is 7.24. The van der Waals surface area contributed by atoms with Gasteiger partial charge in [-0.3, -0.25) is 18.8 Å². The first-order valence-corrected chi connectivity index (χ1v) is 3.90. The van der Waals surface area contributed by atoms with E-state index >= 15 is 0 Å². The molecule has 0 saturated carbocycles. The molecule has 0 N–H and O–H groups in total. The van der Waals surface area contributed by atoms with E-state index in [1.807, 2.05) is 0 Å². The van der Waals surface area contributed by atoms with E-state index in [4.69, 9.17) is 0 Å². The molecule has 3 rings (SSSR count). The minimum absolute atomic E-state index is 0.220. The van der Waals surface area contributed by atoms with Crippen molar-refractivity contribution < 1.29 is 28.7 Å². The molecule has 10 nitrogen and oxygen atoms in total. The first kappa shape index (κ1) is 8.52. The van der Waals surface area contributed by atoms with Gasteiger partial charge in [-0.1, -0.05) is 0 Å². The van der Waals surface area contributed by atoms with Crippen LogP contribution in [0.5, 0.6) is 0 Å². The molecule has 0 fully saturated rings. The molecule has 1 aliphatic rings. The summed E-state index contributed by atoms with van der Waals surface area (Å²) in [5.41, 5.74) is -2.27. The summed E-state index contributed by atoms with van der Waals surface area (Å²) in [4.78, 5) is 22.8. The molecule has 1 aliphatic carbocycles. The van der Waals surface area contributed by atoms with Crippen LogP contribution in [0.15, 0.2) is 9.26 Å². The first-order chi connectivity index (χ1) is 7.61. The molecule has 0 aromatic carbocycles. The van der Waals surface area contributed by atoms with Crippen molar-refractivity contribution in [2.45, 2.75) is 0 Å². The lowest BCUT2D eigenvalue weighted by atomic mass is 9.99.